The SMILES string of the molecule is O=C(NCc1ccccc1F)NC(c1ccccc1)C(F)(F)F. The fourth-order valence-corrected chi connectivity index (χ4v) is 2.00. The van der Waals surface area contributed by atoms with Gasteiger partial charge in [0.1, 0.15) is 5.82 Å². The van der Waals surface area contributed by atoms with Crippen molar-refractivity contribution in [2.24, 2.45) is 0 Å². The summed E-state index contributed by atoms with van der Waals surface area (Å²) in [4.78, 5) is 11.7. The number of amides is 2. The largest absolute Gasteiger partial charge is 0.412 e. The van der Waals surface area contributed by atoms with Gasteiger partial charge >= 0.3 is 12.2 Å². The maximum absolute atomic E-state index is 13.4. The molecular weight excluding hydrogens is 312 g/mol. The van der Waals surface area contributed by atoms with E-state index in [-0.39, 0.29) is 17.7 Å². The standard InChI is InChI=1S/C16H14F4N2O/c17-13-9-5-4-8-12(13)10-21-15(23)22-14(16(18,19)20)11-6-2-1-3-7-11/h1-9,14H,10H2,(H2,21,22,23). The Hall–Kier alpha value is -2.57. The molecule has 0 bridgehead atoms. The first-order valence-electron chi connectivity index (χ1n) is 6.77. The lowest BCUT2D eigenvalue weighted by molar-refractivity contribution is -0.154. The molecule has 2 amide bonds. The van der Waals surface area contributed by atoms with E-state index < -0.39 is 24.1 Å². The third-order valence-corrected chi connectivity index (χ3v) is 3.13. The van der Waals surface area contributed by atoms with E-state index in [0.717, 1.165) is 0 Å². The molecule has 2 N–H and O–H groups in total. The topological polar surface area (TPSA) is 41.1 Å². The summed E-state index contributed by atoms with van der Waals surface area (Å²) in [6.07, 6.45) is -4.64. The number of alkyl halides is 3. The predicted molar refractivity (Wildman–Crippen MR) is 77.0 cm³/mol. The van der Waals surface area contributed by atoms with Crippen LogP contribution in [0.5, 0.6) is 0 Å². The molecule has 0 aliphatic heterocycles. The average molecular weight is 326 g/mol. The molecule has 1 unspecified atom stereocenters. The molecule has 0 heterocycles. The van der Waals surface area contributed by atoms with Crippen LogP contribution in [-0.2, 0) is 6.54 Å². The van der Waals surface area contributed by atoms with Gasteiger partial charge in [0.05, 0.1) is 0 Å². The van der Waals surface area contributed by atoms with Crippen molar-refractivity contribution in [1.29, 1.82) is 0 Å². The van der Waals surface area contributed by atoms with Gasteiger partial charge in [-0.3, -0.25) is 0 Å². The maximum atomic E-state index is 13.4. The number of hydrogen-bond acceptors (Lipinski definition) is 1. The van der Waals surface area contributed by atoms with Gasteiger partial charge in [-0.15, -0.1) is 0 Å². The van der Waals surface area contributed by atoms with Gasteiger partial charge in [0, 0.05) is 12.1 Å². The molecule has 2 aromatic rings. The smallest absolute Gasteiger partial charge is 0.334 e. The summed E-state index contributed by atoms with van der Waals surface area (Å²) in [7, 11) is 0. The van der Waals surface area contributed by atoms with E-state index in [1.165, 1.54) is 42.5 Å². The van der Waals surface area contributed by atoms with Crippen LogP contribution in [0.15, 0.2) is 54.6 Å². The average Bonchev–Trinajstić information content (AvgIpc) is 2.51. The second kappa shape index (κ2) is 7.13. The van der Waals surface area contributed by atoms with Crippen LogP contribution in [0.2, 0.25) is 0 Å². The Morgan fingerprint density at radius 1 is 1.00 bits per heavy atom. The summed E-state index contributed by atoms with van der Waals surface area (Å²) < 4.78 is 52.7. The van der Waals surface area contributed by atoms with Crippen molar-refractivity contribution in [2.75, 3.05) is 0 Å². The van der Waals surface area contributed by atoms with Gasteiger partial charge in [0.25, 0.3) is 0 Å². The van der Waals surface area contributed by atoms with E-state index in [2.05, 4.69) is 5.32 Å². The summed E-state index contributed by atoms with van der Waals surface area (Å²) in [5, 5.41) is 4.09. The summed E-state index contributed by atoms with van der Waals surface area (Å²) in [5.41, 5.74) is 0.104. The fraction of sp³-hybridized carbons (Fsp3) is 0.188. The van der Waals surface area contributed by atoms with Crippen molar-refractivity contribution in [2.45, 2.75) is 18.8 Å². The number of urea groups is 1. The van der Waals surface area contributed by atoms with Gasteiger partial charge in [0.2, 0.25) is 0 Å². The summed E-state index contributed by atoms with van der Waals surface area (Å²) in [6.45, 7) is -0.210. The molecule has 2 rings (SSSR count). The lowest BCUT2D eigenvalue weighted by atomic mass is 10.1. The van der Waals surface area contributed by atoms with Crippen molar-refractivity contribution in [3.05, 3.63) is 71.5 Å². The third-order valence-electron chi connectivity index (χ3n) is 3.13. The van der Waals surface area contributed by atoms with Crippen molar-refractivity contribution < 1.29 is 22.4 Å². The normalized spacial score (nSPS) is 12.5. The molecular formula is C16H14F4N2O. The number of carbonyl (C=O) groups excluding carboxylic acids is 1. The molecule has 0 saturated carbocycles. The zero-order valence-corrected chi connectivity index (χ0v) is 11.9. The highest BCUT2D eigenvalue weighted by Gasteiger charge is 2.41. The van der Waals surface area contributed by atoms with Crippen molar-refractivity contribution >= 4 is 6.03 Å². The minimum absolute atomic E-state index is 0.0824. The number of benzene rings is 2. The summed E-state index contributed by atoms with van der Waals surface area (Å²) in [5.74, 6) is -0.539. The highest BCUT2D eigenvalue weighted by molar-refractivity contribution is 5.74. The Morgan fingerprint density at radius 2 is 1.61 bits per heavy atom. The van der Waals surface area contributed by atoms with E-state index in [1.807, 2.05) is 5.32 Å². The first-order chi connectivity index (χ1) is 10.9. The lowest BCUT2D eigenvalue weighted by Gasteiger charge is -2.22. The molecule has 0 aliphatic rings. The van der Waals surface area contributed by atoms with Gasteiger partial charge in [-0.25, -0.2) is 9.18 Å². The summed E-state index contributed by atoms with van der Waals surface area (Å²) in [6, 6.07) is 9.56. The van der Waals surface area contributed by atoms with E-state index in [4.69, 9.17) is 0 Å². The molecule has 23 heavy (non-hydrogen) atoms. The summed E-state index contributed by atoms with van der Waals surface area (Å²) >= 11 is 0. The van der Waals surface area contributed by atoms with Crippen LogP contribution >= 0.6 is 0 Å². The highest BCUT2D eigenvalue weighted by Crippen LogP contribution is 2.32. The number of rotatable bonds is 4. The molecule has 2 aromatic carbocycles. The predicted octanol–water partition coefficient (Wildman–Crippen LogP) is 3.93. The molecule has 0 aromatic heterocycles. The minimum atomic E-state index is -4.64. The number of nitrogens with one attached hydrogen (secondary N) is 2. The van der Waals surface area contributed by atoms with Crippen LogP contribution in [0.1, 0.15) is 17.2 Å². The molecule has 3 nitrogen and oxygen atoms in total. The first kappa shape index (κ1) is 16.8. The van der Waals surface area contributed by atoms with Crippen molar-refractivity contribution in [1.82, 2.24) is 10.6 Å². The molecule has 0 aliphatic carbocycles. The Morgan fingerprint density at radius 3 is 2.22 bits per heavy atom. The monoisotopic (exact) mass is 326 g/mol. The number of halogens is 4. The number of carbonyl (C=O) groups is 1. The van der Waals surface area contributed by atoms with E-state index >= 15 is 0 Å². The molecule has 122 valence electrons. The molecule has 0 spiro atoms. The van der Waals surface area contributed by atoms with Gasteiger partial charge < -0.3 is 10.6 Å². The lowest BCUT2D eigenvalue weighted by Crippen LogP contribution is -2.43. The van der Waals surface area contributed by atoms with Crippen LogP contribution in [0.25, 0.3) is 0 Å². The molecule has 1 atom stereocenters. The Kier molecular flexibility index (Phi) is 5.20. The molecule has 7 heteroatoms. The minimum Gasteiger partial charge on any atom is -0.334 e. The van der Waals surface area contributed by atoms with E-state index in [0.29, 0.717) is 0 Å². The van der Waals surface area contributed by atoms with Gasteiger partial charge in [-0.1, -0.05) is 48.5 Å². The Balaban J connectivity index is 2.03. The Labute approximate surface area is 130 Å². The number of hydrogen-bond donors (Lipinski definition) is 2. The second-order valence-electron chi connectivity index (χ2n) is 4.80. The van der Waals surface area contributed by atoms with Gasteiger partial charge in [-0.2, -0.15) is 13.2 Å². The van der Waals surface area contributed by atoms with Crippen molar-refractivity contribution in [3.63, 3.8) is 0 Å². The maximum Gasteiger partial charge on any atom is 0.412 e. The quantitative estimate of drug-likeness (QED) is 0.821. The fourth-order valence-electron chi connectivity index (χ4n) is 2.00. The molecule has 0 radical (unpaired) electrons. The zero-order valence-electron chi connectivity index (χ0n) is 11.9. The van der Waals surface area contributed by atoms with Gasteiger partial charge in [-0.05, 0) is 11.6 Å². The zero-order chi connectivity index (χ0) is 16.9. The first-order valence-corrected chi connectivity index (χ1v) is 6.77. The van der Waals surface area contributed by atoms with E-state index in [9.17, 15) is 22.4 Å². The third kappa shape index (κ3) is 4.70. The van der Waals surface area contributed by atoms with E-state index in [1.54, 1.807) is 12.1 Å². The van der Waals surface area contributed by atoms with Crippen LogP contribution in [-0.4, -0.2) is 12.2 Å². The van der Waals surface area contributed by atoms with Crippen LogP contribution in [0.3, 0.4) is 0 Å². The highest BCUT2D eigenvalue weighted by atomic mass is 19.4. The van der Waals surface area contributed by atoms with Crippen LogP contribution in [0, 0.1) is 5.82 Å². The Bertz CT molecular complexity index is 659. The second-order valence-corrected chi connectivity index (χ2v) is 4.80. The van der Waals surface area contributed by atoms with Crippen molar-refractivity contribution in [3.8, 4) is 0 Å². The van der Waals surface area contributed by atoms with Gasteiger partial charge in [0.15, 0.2) is 6.04 Å². The molecule has 0 fully saturated rings. The molecule has 0 saturated heterocycles. The van der Waals surface area contributed by atoms with Crippen LogP contribution in [0.4, 0.5) is 22.4 Å². The van der Waals surface area contributed by atoms with Crippen LogP contribution < -0.4 is 10.6 Å².